The molecule has 3 aromatic rings. The SMILES string of the molecule is Cc1c(Cl)cccc1NC(=O)CC(c1ccco1)n1cccc1. The molecule has 0 saturated carbocycles. The van der Waals surface area contributed by atoms with Crippen LogP contribution >= 0.6 is 11.6 Å². The number of halogens is 1. The fourth-order valence-electron chi connectivity index (χ4n) is 2.51. The molecule has 0 spiro atoms. The number of anilines is 1. The standard InChI is InChI=1S/C18H17ClN2O2/c1-13-14(19)6-4-7-15(13)20-18(22)12-16(17-8-5-11-23-17)21-9-2-3-10-21/h2-11,16H,12H2,1H3,(H,20,22). The van der Waals surface area contributed by atoms with Crippen molar-refractivity contribution in [1.82, 2.24) is 4.57 Å². The molecule has 1 atom stereocenters. The lowest BCUT2D eigenvalue weighted by molar-refractivity contribution is -0.116. The number of rotatable bonds is 5. The fraction of sp³-hybridized carbons (Fsp3) is 0.167. The summed E-state index contributed by atoms with van der Waals surface area (Å²) in [6.07, 6.45) is 5.73. The van der Waals surface area contributed by atoms with E-state index in [1.807, 2.05) is 60.3 Å². The average Bonchev–Trinajstić information content (AvgIpc) is 3.22. The molecule has 1 aromatic carbocycles. The van der Waals surface area contributed by atoms with Crippen LogP contribution in [0.25, 0.3) is 0 Å². The molecule has 0 aliphatic carbocycles. The van der Waals surface area contributed by atoms with Gasteiger partial charge in [0.2, 0.25) is 5.91 Å². The second-order valence-electron chi connectivity index (χ2n) is 5.33. The van der Waals surface area contributed by atoms with Crippen LogP contribution in [0.5, 0.6) is 0 Å². The Labute approximate surface area is 139 Å². The Kier molecular flexibility index (Phi) is 4.53. The lowest BCUT2D eigenvalue weighted by Gasteiger charge is -2.17. The maximum absolute atomic E-state index is 12.5. The van der Waals surface area contributed by atoms with E-state index in [0.29, 0.717) is 5.02 Å². The van der Waals surface area contributed by atoms with Crippen molar-refractivity contribution in [2.24, 2.45) is 0 Å². The van der Waals surface area contributed by atoms with E-state index < -0.39 is 0 Å². The lowest BCUT2D eigenvalue weighted by atomic mass is 10.1. The Morgan fingerprint density at radius 2 is 2.00 bits per heavy atom. The summed E-state index contributed by atoms with van der Waals surface area (Å²) in [5.41, 5.74) is 1.59. The highest BCUT2D eigenvalue weighted by atomic mass is 35.5. The Morgan fingerprint density at radius 3 is 2.70 bits per heavy atom. The highest BCUT2D eigenvalue weighted by molar-refractivity contribution is 6.31. The smallest absolute Gasteiger partial charge is 0.226 e. The molecule has 5 heteroatoms. The van der Waals surface area contributed by atoms with Crippen molar-refractivity contribution in [3.05, 3.63) is 77.5 Å². The van der Waals surface area contributed by atoms with Gasteiger partial charge in [0.15, 0.2) is 0 Å². The number of hydrogen-bond acceptors (Lipinski definition) is 2. The highest BCUT2D eigenvalue weighted by Gasteiger charge is 2.20. The molecule has 0 fully saturated rings. The minimum Gasteiger partial charge on any atom is -0.467 e. The molecule has 0 radical (unpaired) electrons. The van der Waals surface area contributed by atoms with E-state index in [4.69, 9.17) is 16.0 Å². The van der Waals surface area contributed by atoms with Crippen molar-refractivity contribution >= 4 is 23.2 Å². The van der Waals surface area contributed by atoms with E-state index in [0.717, 1.165) is 17.0 Å². The second kappa shape index (κ2) is 6.75. The van der Waals surface area contributed by atoms with Crippen molar-refractivity contribution in [3.8, 4) is 0 Å². The monoisotopic (exact) mass is 328 g/mol. The number of aromatic nitrogens is 1. The molecular weight excluding hydrogens is 312 g/mol. The summed E-state index contributed by atoms with van der Waals surface area (Å²) in [5, 5.41) is 3.56. The molecular formula is C18H17ClN2O2. The van der Waals surface area contributed by atoms with Crippen LogP contribution in [-0.2, 0) is 4.79 Å². The molecule has 23 heavy (non-hydrogen) atoms. The summed E-state index contributed by atoms with van der Waals surface area (Å²) in [5.74, 6) is 0.657. The van der Waals surface area contributed by atoms with Crippen LogP contribution in [0, 0.1) is 6.92 Å². The number of carbonyl (C=O) groups excluding carboxylic acids is 1. The zero-order valence-electron chi connectivity index (χ0n) is 12.7. The van der Waals surface area contributed by atoms with Crippen molar-refractivity contribution in [2.75, 3.05) is 5.32 Å². The van der Waals surface area contributed by atoms with Gasteiger partial charge in [0.1, 0.15) is 5.76 Å². The van der Waals surface area contributed by atoms with Gasteiger partial charge in [-0.05, 0) is 48.9 Å². The summed E-state index contributed by atoms with van der Waals surface area (Å²) in [7, 11) is 0. The first kappa shape index (κ1) is 15.4. The van der Waals surface area contributed by atoms with Gasteiger partial charge >= 0.3 is 0 Å². The van der Waals surface area contributed by atoms with Crippen LogP contribution in [-0.4, -0.2) is 10.5 Å². The quantitative estimate of drug-likeness (QED) is 0.740. The van der Waals surface area contributed by atoms with Crippen LogP contribution in [0.1, 0.15) is 23.8 Å². The first-order valence-corrected chi connectivity index (χ1v) is 7.74. The molecule has 1 unspecified atom stereocenters. The molecule has 118 valence electrons. The zero-order chi connectivity index (χ0) is 16.2. The van der Waals surface area contributed by atoms with Crippen LogP contribution in [0.3, 0.4) is 0 Å². The van der Waals surface area contributed by atoms with E-state index in [9.17, 15) is 4.79 Å². The summed E-state index contributed by atoms with van der Waals surface area (Å²) in [6, 6.07) is 12.8. The molecule has 1 N–H and O–H groups in total. The minimum absolute atomic E-state index is 0.0922. The van der Waals surface area contributed by atoms with Gasteiger partial charge < -0.3 is 14.3 Å². The molecule has 0 bridgehead atoms. The van der Waals surface area contributed by atoms with E-state index >= 15 is 0 Å². The predicted octanol–water partition coefficient (Wildman–Crippen LogP) is 4.66. The Bertz CT molecular complexity index is 745. The summed E-state index contributed by atoms with van der Waals surface area (Å²) < 4.78 is 7.45. The molecule has 3 rings (SSSR count). The zero-order valence-corrected chi connectivity index (χ0v) is 13.5. The third-order valence-corrected chi connectivity index (χ3v) is 4.19. The van der Waals surface area contributed by atoms with E-state index in [1.165, 1.54) is 0 Å². The highest BCUT2D eigenvalue weighted by Crippen LogP contribution is 2.26. The Hall–Kier alpha value is -2.46. The third-order valence-electron chi connectivity index (χ3n) is 3.78. The number of furan rings is 1. The first-order chi connectivity index (χ1) is 11.1. The molecule has 1 amide bonds. The second-order valence-corrected chi connectivity index (χ2v) is 5.73. The van der Waals surface area contributed by atoms with Crippen molar-refractivity contribution in [3.63, 3.8) is 0 Å². The first-order valence-electron chi connectivity index (χ1n) is 7.36. The summed E-state index contributed by atoms with van der Waals surface area (Å²) in [6.45, 7) is 1.88. The van der Waals surface area contributed by atoms with E-state index in [-0.39, 0.29) is 18.4 Å². The maximum Gasteiger partial charge on any atom is 0.226 e. The molecule has 0 aliphatic heterocycles. The van der Waals surface area contributed by atoms with E-state index in [2.05, 4.69) is 5.32 Å². The predicted molar refractivity (Wildman–Crippen MR) is 90.7 cm³/mol. The largest absolute Gasteiger partial charge is 0.467 e. The normalized spacial score (nSPS) is 12.1. The number of nitrogens with zero attached hydrogens (tertiary/aromatic N) is 1. The Balaban J connectivity index is 1.78. The number of benzene rings is 1. The van der Waals surface area contributed by atoms with Crippen LogP contribution < -0.4 is 5.32 Å². The van der Waals surface area contributed by atoms with Crippen LogP contribution in [0.15, 0.2) is 65.5 Å². The molecule has 2 heterocycles. The number of nitrogens with one attached hydrogen (secondary N) is 1. The molecule has 0 aliphatic rings. The van der Waals surface area contributed by atoms with Crippen molar-refractivity contribution in [2.45, 2.75) is 19.4 Å². The van der Waals surface area contributed by atoms with Gasteiger partial charge in [-0.1, -0.05) is 17.7 Å². The molecule has 2 aromatic heterocycles. The average molecular weight is 329 g/mol. The van der Waals surface area contributed by atoms with E-state index in [1.54, 1.807) is 12.3 Å². The van der Waals surface area contributed by atoms with Crippen LogP contribution in [0.2, 0.25) is 5.02 Å². The van der Waals surface area contributed by atoms with Gasteiger partial charge in [-0.15, -0.1) is 0 Å². The third kappa shape index (κ3) is 3.48. The minimum atomic E-state index is -0.181. The van der Waals surface area contributed by atoms with Gasteiger partial charge in [-0.3, -0.25) is 4.79 Å². The molecule has 4 nitrogen and oxygen atoms in total. The fourth-order valence-corrected chi connectivity index (χ4v) is 2.68. The Morgan fingerprint density at radius 1 is 1.22 bits per heavy atom. The lowest BCUT2D eigenvalue weighted by Crippen LogP contribution is -2.19. The number of amides is 1. The van der Waals surface area contributed by atoms with Gasteiger partial charge in [-0.25, -0.2) is 0 Å². The summed E-state index contributed by atoms with van der Waals surface area (Å²) >= 11 is 6.10. The maximum atomic E-state index is 12.5. The topological polar surface area (TPSA) is 47.2 Å². The van der Waals surface area contributed by atoms with Crippen molar-refractivity contribution < 1.29 is 9.21 Å². The number of hydrogen-bond donors (Lipinski definition) is 1. The summed E-state index contributed by atoms with van der Waals surface area (Å²) in [4.78, 5) is 12.5. The molecule has 0 saturated heterocycles. The van der Waals surface area contributed by atoms with Gasteiger partial charge in [-0.2, -0.15) is 0 Å². The number of carbonyl (C=O) groups is 1. The van der Waals surface area contributed by atoms with Gasteiger partial charge in [0.25, 0.3) is 0 Å². The van der Waals surface area contributed by atoms with Crippen molar-refractivity contribution in [1.29, 1.82) is 0 Å². The van der Waals surface area contributed by atoms with Gasteiger partial charge in [0, 0.05) is 23.1 Å². The van der Waals surface area contributed by atoms with Crippen LogP contribution in [0.4, 0.5) is 5.69 Å². The van der Waals surface area contributed by atoms with Gasteiger partial charge in [0.05, 0.1) is 18.7 Å².